The van der Waals surface area contributed by atoms with Crippen LogP contribution in [0.2, 0.25) is 5.28 Å². The standard InChI is InChI=1S/C12H8ClN3O/c13-12-14-6-5-11(15-12)16-7-10(17)8-3-1-2-4-9(8)16/h1-6H,7H2. The fourth-order valence-corrected chi connectivity index (χ4v) is 2.08. The number of hydrogen-bond donors (Lipinski definition) is 0. The second-order valence-electron chi connectivity index (χ2n) is 3.71. The average molecular weight is 246 g/mol. The van der Waals surface area contributed by atoms with Crippen molar-refractivity contribution in [2.75, 3.05) is 11.4 Å². The maximum atomic E-state index is 11.8. The highest BCUT2D eigenvalue weighted by Gasteiger charge is 2.27. The average Bonchev–Trinajstić information content (AvgIpc) is 2.68. The van der Waals surface area contributed by atoms with E-state index < -0.39 is 0 Å². The molecule has 0 atom stereocenters. The topological polar surface area (TPSA) is 46.1 Å². The van der Waals surface area contributed by atoms with E-state index in [-0.39, 0.29) is 11.1 Å². The molecule has 4 nitrogen and oxygen atoms in total. The van der Waals surface area contributed by atoms with Crippen LogP contribution in [-0.4, -0.2) is 22.3 Å². The summed E-state index contributed by atoms with van der Waals surface area (Å²) in [6.07, 6.45) is 1.58. The summed E-state index contributed by atoms with van der Waals surface area (Å²) in [7, 11) is 0. The zero-order chi connectivity index (χ0) is 11.8. The van der Waals surface area contributed by atoms with Gasteiger partial charge in [0.2, 0.25) is 5.28 Å². The molecular weight excluding hydrogens is 238 g/mol. The lowest BCUT2D eigenvalue weighted by Crippen LogP contribution is -2.17. The number of aromatic nitrogens is 2. The van der Waals surface area contributed by atoms with Gasteiger partial charge in [0.25, 0.3) is 0 Å². The highest BCUT2D eigenvalue weighted by atomic mass is 35.5. The Hall–Kier alpha value is -1.94. The molecule has 2 heterocycles. The third-order valence-corrected chi connectivity index (χ3v) is 2.87. The molecule has 1 aromatic carbocycles. The molecule has 0 N–H and O–H groups in total. The largest absolute Gasteiger partial charge is 0.318 e. The predicted molar refractivity (Wildman–Crippen MR) is 64.8 cm³/mol. The van der Waals surface area contributed by atoms with Gasteiger partial charge in [-0.15, -0.1) is 0 Å². The Morgan fingerprint density at radius 2 is 2.06 bits per heavy atom. The lowest BCUT2D eigenvalue weighted by atomic mass is 10.1. The first kappa shape index (κ1) is 10.2. The molecule has 0 fully saturated rings. The summed E-state index contributed by atoms with van der Waals surface area (Å²) in [5, 5.41) is 0.180. The number of carbonyl (C=O) groups excluding carboxylic acids is 1. The van der Waals surface area contributed by atoms with E-state index in [4.69, 9.17) is 11.6 Å². The van der Waals surface area contributed by atoms with Crippen LogP contribution in [0, 0.1) is 0 Å². The van der Waals surface area contributed by atoms with Crippen molar-refractivity contribution >= 4 is 28.9 Å². The summed E-state index contributed by atoms with van der Waals surface area (Å²) in [5.41, 5.74) is 1.59. The third-order valence-electron chi connectivity index (χ3n) is 2.69. The van der Waals surface area contributed by atoms with Crippen molar-refractivity contribution in [3.63, 3.8) is 0 Å². The highest BCUT2D eigenvalue weighted by molar-refractivity contribution is 6.28. The molecule has 3 rings (SSSR count). The van der Waals surface area contributed by atoms with Gasteiger partial charge in [0.1, 0.15) is 5.82 Å². The fraction of sp³-hybridized carbons (Fsp3) is 0.0833. The van der Waals surface area contributed by atoms with Crippen LogP contribution in [-0.2, 0) is 0 Å². The minimum absolute atomic E-state index is 0.0929. The van der Waals surface area contributed by atoms with E-state index in [2.05, 4.69) is 9.97 Å². The summed E-state index contributed by atoms with van der Waals surface area (Å²) in [4.78, 5) is 21.6. The Morgan fingerprint density at radius 3 is 2.88 bits per heavy atom. The van der Waals surface area contributed by atoms with Crippen molar-refractivity contribution in [2.45, 2.75) is 0 Å². The molecule has 0 saturated heterocycles. The molecule has 1 aliphatic heterocycles. The van der Waals surface area contributed by atoms with E-state index in [0.717, 1.165) is 11.3 Å². The third kappa shape index (κ3) is 1.66. The van der Waals surface area contributed by atoms with Crippen LogP contribution >= 0.6 is 11.6 Å². The molecule has 0 radical (unpaired) electrons. The summed E-state index contributed by atoms with van der Waals surface area (Å²) in [6.45, 7) is 0.298. The minimum Gasteiger partial charge on any atom is -0.318 e. The molecule has 0 spiro atoms. The predicted octanol–water partition coefficient (Wildman–Crippen LogP) is 2.46. The van der Waals surface area contributed by atoms with Gasteiger partial charge in [0.15, 0.2) is 5.78 Å². The van der Waals surface area contributed by atoms with Gasteiger partial charge in [-0.2, -0.15) is 0 Å². The summed E-state index contributed by atoms with van der Waals surface area (Å²) in [6, 6.07) is 9.21. The van der Waals surface area contributed by atoms with Crippen molar-refractivity contribution in [1.82, 2.24) is 9.97 Å². The molecule has 0 aliphatic carbocycles. The number of benzene rings is 1. The first-order valence-electron chi connectivity index (χ1n) is 5.14. The van der Waals surface area contributed by atoms with E-state index in [1.165, 1.54) is 0 Å². The molecule has 0 amide bonds. The first-order chi connectivity index (χ1) is 8.25. The molecule has 17 heavy (non-hydrogen) atoms. The number of para-hydroxylation sites is 1. The number of anilines is 2. The highest BCUT2D eigenvalue weighted by Crippen LogP contribution is 2.33. The Kier molecular flexibility index (Phi) is 2.30. The second kappa shape index (κ2) is 3.82. The van der Waals surface area contributed by atoms with Gasteiger partial charge in [-0.25, -0.2) is 9.97 Å². The monoisotopic (exact) mass is 245 g/mol. The number of hydrogen-bond acceptors (Lipinski definition) is 4. The first-order valence-corrected chi connectivity index (χ1v) is 5.52. The zero-order valence-electron chi connectivity index (χ0n) is 8.80. The minimum atomic E-state index is 0.0929. The van der Waals surface area contributed by atoms with Crippen LogP contribution < -0.4 is 4.90 Å². The summed E-state index contributed by atoms with van der Waals surface area (Å²) in [5.74, 6) is 0.735. The number of Topliss-reactive ketones (excluding diaryl/α,β-unsaturated/α-hetero) is 1. The molecule has 84 valence electrons. The number of carbonyl (C=O) groups is 1. The van der Waals surface area contributed by atoms with Gasteiger partial charge in [0, 0.05) is 11.8 Å². The van der Waals surface area contributed by atoms with Crippen LogP contribution in [0.5, 0.6) is 0 Å². The molecule has 5 heteroatoms. The van der Waals surface area contributed by atoms with E-state index in [1.807, 2.05) is 29.2 Å². The summed E-state index contributed by atoms with van der Waals surface area (Å²) < 4.78 is 0. The van der Waals surface area contributed by atoms with Crippen LogP contribution in [0.15, 0.2) is 36.5 Å². The van der Waals surface area contributed by atoms with Crippen LogP contribution in [0.25, 0.3) is 0 Å². The van der Waals surface area contributed by atoms with E-state index in [0.29, 0.717) is 12.4 Å². The van der Waals surface area contributed by atoms with Crippen molar-refractivity contribution < 1.29 is 4.79 Å². The van der Waals surface area contributed by atoms with Crippen molar-refractivity contribution in [2.24, 2.45) is 0 Å². The van der Waals surface area contributed by atoms with Gasteiger partial charge in [-0.3, -0.25) is 4.79 Å². The van der Waals surface area contributed by atoms with Crippen LogP contribution in [0.1, 0.15) is 10.4 Å². The maximum absolute atomic E-state index is 11.8. The Bertz CT molecular complexity index is 600. The van der Waals surface area contributed by atoms with Crippen molar-refractivity contribution in [1.29, 1.82) is 0 Å². The Labute approximate surface area is 103 Å². The van der Waals surface area contributed by atoms with E-state index in [9.17, 15) is 4.79 Å². The smallest absolute Gasteiger partial charge is 0.224 e. The number of rotatable bonds is 1. The SMILES string of the molecule is O=C1CN(c2ccnc(Cl)n2)c2ccccc21. The molecule has 1 aromatic heterocycles. The molecule has 0 saturated carbocycles. The van der Waals surface area contributed by atoms with Gasteiger partial charge < -0.3 is 4.90 Å². The second-order valence-corrected chi connectivity index (χ2v) is 4.05. The van der Waals surface area contributed by atoms with Gasteiger partial charge in [-0.05, 0) is 29.8 Å². The molecule has 0 bridgehead atoms. The lowest BCUT2D eigenvalue weighted by molar-refractivity contribution is 0.101. The molecule has 1 aliphatic rings. The Morgan fingerprint density at radius 1 is 1.24 bits per heavy atom. The van der Waals surface area contributed by atoms with Gasteiger partial charge in [0.05, 0.1) is 12.2 Å². The van der Waals surface area contributed by atoms with Gasteiger partial charge >= 0.3 is 0 Å². The quantitative estimate of drug-likeness (QED) is 0.724. The van der Waals surface area contributed by atoms with E-state index in [1.54, 1.807) is 12.3 Å². The number of ketones is 1. The van der Waals surface area contributed by atoms with Crippen molar-refractivity contribution in [3.8, 4) is 0 Å². The molecule has 2 aromatic rings. The Balaban J connectivity index is 2.10. The number of nitrogens with zero attached hydrogens (tertiary/aromatic N) is 3. The number of fused-ring (bicyclic) bond motifs is 1. The molecule has 0 unspecified atom stereocenters. The molecular formula is C12H8ClN3O. The normalized spacial score (nSPS) is 13.9. The maximum Gasteiger partial charge on any atom is 0.224 e. The van der Waals surface area contributed by atoms with E-state index >= 15 is 0 Å². The number of halogens is 1. The van der Waals surface area contributed by atoms with Crippen molar-refractivity contribution in [3.05, 3.63) is 47.4 Å². The lowest BCUT2D eigenvalue weighted by Gasteiger charge is -2.16. The zero-order valence-corrected chi connectivity index (χ0v) is 9.55. The van der Waals surface area contributed by atoms with Crippen LogP contribution in [0.4, 0.5) is 11.5 Å². The van der Waals surface area contributed by atoms with Crippen LogP contribution in [0.3, 0.4) is 0 Å². The fourth-order valence-electron chi connectivity index (χ4n) is 1.94. The summed E-state index contributed by atoms with van der Waals surface area (Å²) >= 11 is 5.75. The van der Waals surface area contributed by atoms with Gasteiger partial charge in [-0.1, -0.05) is 12.1 Å².